The van der Waals surface area contributed by atoms with Crippen LogP contribution in [0.4, 0.5) is 22.0 Å². The molecule has 0 spiro atoms. The van der Waals surface area contributed by atoms with Crippen LogP contribution in [0.15, 0.2) is 30.3 Å². The average Bonchev–Trinajstić information content (AvgIpc) is 2.44. The van der Waals surface area contributed by atoms with Gasteiger partial charge in [0.1, 0.15) is 13.3 Å². The Bertz CT molecular complexity index is 459. The van der Waals surface area contributed by atoms with E-state index in [1.807, 2.05) is 0 Å². The molecule has 21 heavy (non-hydrogen) atoms. The number of carbonyl (C=O) groups is 1. The standard InChI is InChI=1S/C13H14F5NO2/c14-7-12(8-15,6-9-4-2-1-3-5-9)10(19)21-11(20)13(16,17)18/h1-5,10H,6-8,19H2/t10-/m1/s1. The molecule has 1 atom stereocenters. The molecule has 3 nitrogen and oxygen atoms in total. The molecule has 0 aromatic heterocycles. The first-order chi connectivity index (χ1) is 9.75. The Labute approximate surface area is 117 Å². The summed E-state index contributed by atoms with van der Waals surface area (Å²) >= 11 is 0. The van der Waals surface area contributed by atoms with E-state index in [1.54, 1.807) is 30.3 Å². The van der Waals surface area contributed by atoms with E-state index in [9.17, 15) is 26.7 Å². The zero-order valence-corrected chi connectivity index (χ0v) is 10.9. The molecule has 0 bridgehead atoms. The third-order valence-corrected chi connectivity index (χ3v) is 3.00. The summed E-state index contributed by atoms with van der Waals surface area (Å²) in [7, 11) is 0. The maximum Gasteiger partial charge on any atom is 0.490 e. The molecule has 0 fully saturated rings. The second kappa shape index (κ2) is 6.84. The van der Waals surface area contributed by atoms with Gasteiger partial charge in [-0.2, -0.15) is 13.2 Å². The van der Waals surface area contributed by atoms with Gasteiger partial charge in [-0.05, 0) is 12.0 Å². The average molecular weight is 311 g/mol. The first-order valence-corrected chi connectivity index (χ1v) is 5.94. The molecule has 2 N–H and O–H groups in total. The lowest BCUT2D eigenvalue weighted by Crippen LogP contribution is -2.51. The van der Waals surface area contributed by atoms with Gasteiger partial charge < -0.3 is 4.74 Å². The monoisotopic (exact) mass is 311 g/mol. The van der Waals surface area contributed by atoms with E-state index >= 15 is 0 Å². The lowest BCUT2D eigenvalue weighted by atomic mass is 9.82. The number of alkyl halides is 5. The molecule has 0 heterocycles. The van der Waals surface area contributed by atoms with Gasteiger partial charge in [0.25, 0.3) is 0 Å². The Morgan fingerprint density at radius 1 is 1.14 bits per heavy atom. The van der Waals surface area contributed by atoms with E-state index in [-0.39, 0.29) is 6.42 Å². The third-order valence-electron chi connectivity index (χ3n) is 3.00. The number of hydrogen-bond acceptors (Lipinski definition) is 3. The summed E-state index contributed by atoms with van der Waals surface area (Å²) in [5.41, 5.74) is 3.71. The Morgan fingerprint density at radius 3 is 2.10 bits per heavy atom. The molecule has 1 rings (SSSR count). The van der Waals surface area contributed by atoms with Crippen molar-refractivity contribution < 1.29 is 31.5 Å². The quantitative estimate of drug-likeness (QED) is 0.499. The van der Waals surface area contributed by atoms with Crippen LogP contribution in [0, 0.1) is 5.41 Å². The number of benzene rings is 1. The summed E-state index contributed by atoms with van der Waals surface area (Å²) < 4.78 is 66.7. The first kappa shape index (κ1) is 17.4. The summed E-state index contributed by atoms with van der Waals surface area (Å²) in [6, 6.07) is 7.95. The molecule has 0 aliphatic carbocycles. The van der Waals surface area contributed by atoms with Crippen LogP contribution in [0.2, 0.25) is 0 Å². The van der Waals surface area contributed by atoms with Crippen molar-refractivity contribution in [3.8, 4) is 0 Å². The smallest absolute Gasteiger partial charge is 0.439 e. The Morgan fingerprint density at radius 2 is 1.67 bits per heavy atom. The SMILES string of the molecule is N[C@H](OC(=O)C(F)(F)F)C(CF)(CF)Cc1ccccc1. The molecular formula is C13H14F5NO2. The summed E-state index contributed by atoms with van der Waals surface area (Å²) in [5, 5.41) is 0. The normalized spacial score (nSPS) is 13.8. The highest BCUT2D eigenvalue weighted by atomic mass is 19.4. The van der Waals surface area contributed by atoms with Crippen molar-refractivity contribution in [3.63, 3.8) is 0 Å². The second-order valence-corrected chi connectivity index (χ2v) is 4.62. The largest absolute Gasteiger partial charge is 0.490 e. The zero-order valence-electron chi connectivity index (χ0n) is 10.9. The van der Waals surface area contributed by atoms with Crippen LogP contribution in [0.5, 0.6) is 0 Å². The van der Waals surface area contributed by atoms with Crippen LogP contribution in [0.1, 0.15) is 5.56 Å². The van der Waals surface area contributed by atoms with Crippen molar-refractivity contribution in [2.24, 2.45) is 11.1 Å². The third kappa shape index (κ3) is 4.38. The fourth-order valence-electron chi connectivity index (χ4n) is 1.69. The maximum absolute atomic E-state index is 13.2. The topological polar surface area (TPSA) is 52.3 Å². The van der Waals surface area contributed by atoms with Crippen molar-refractivity contribution >= 4 is 5.97 Å². The minimum atomic E-state index is -5.28. The number of carbonyl (C=O) groups excluding carboxylic acids is 1. The second-order valence-electron chi connectivity index (χ2n) is 4.62. The molecule has 118 valence electrons. The van der Waals surface area contributed by atoms with Crippen molar-refractivity contribution in [3.05, 3.63) is 35.9 Å². The van der Waals surface area contributed by atoms with Gasteiger partial charge in [-0.3, -0.25) is 14.5 Å². The molecule has 0 aliphatic rings. The first-order valence-electron chi connectivity index (χ1n) is 5.94. The van der Waals surface area contributed by atoms with Crippen LogP contribution in [0.3, 0.4) is 0 Å². The van der Waals surface area contributed by atoms with Gasteiger partial charge in [-0.15, -0.1) is 0 Å². The summed E-state index contributed by atoms with van der Waals surface area (Å²) in [6.45, 7) is -2.74. The Kier molecular flexibility index (Phi) is 5.65. The molecule has 0 saturated heterocycles. The number of halogens is 5. The highest BCUT2D eigenvalue weighted by Crippen LogP contribution is 2.30. The molecule has 8 heteroatoms. The van der Waals surface area contributed by atoms with Gasteiger partial charge in [0.15, 0.2) is 6.23 Å². The predicted molar refractivity (Wildman–Crippen MR) is 64.7 cm³/mol. The van der Waals surface area contributed by atoms with Gasteiger partial charge in [0.05, 0.1) is 5.41 Å². The molecule has 0 saturated carbocycles. The van der Waals surface area contributed by atoms with Gasteiger partial charge >= 0.3 is 12.1 Å². The Hall–Kier alpha value is -1.70. The molecule has 0 radical (unpaired) electrons. The number of esters is 1. The fraction of sp³-hybridized carbons (Fsp3) is 0.462. The lowest BCUT2D eigenvalue weighted by molar-refractivity contribution is -0.211. The van der Waals surface area contributed by atoms with Crippen LogP contribution in [-0.2, 0) is 16.0 Å². The molecule has 0 unspecified atom stereocenters. The molecular weight excluding hydrogens is 297 g/mol. The summed E-state index contributed by atoms with van der Waals surface area (Å²) in [6.07, 6.45) is -7.63. The minimum Gasteiger partial charge on any atom is -0.439 e. The van der Waals surface area contributed by atoms with Crippen molar-refractivity contribution in [2.45, 2.75) is 18.8 Å². The molecule has 0 aliphatic heterocycles. The minimum absolute atomic E-state index is 0.298. The van der Waals surface area contributed by atoms with E-state index in [2.05, 4.69) is 4.74 Å². The molecule has 1 aromatic rings. The number of nitrogens with two attached hydrogens (primary N) is 1. The number of ether oxygens (including phenoxy) is 1. The van der Waals surface area contributed by atoms with E-state index in [0.29, 0.717) is 5.56 Å². The van der Waals surface area contributed by atoms with Gasteiger partial charge in [0, 0.05) is 0 Å². The van der Waals surface area contributed by atoms with Crippen molar-refractivity contribution in [1.82, 2.24) is 0 Å². The van der Waals surface area contributed by atoms with Crippen molar-refractivity contribution in [1.29, 1.82) is 0 Å². The van der Waals surface area contributed by atoms with Crippen LogP contribution in [0.25, 0.3) is 0 Å². The zero-order chi connectivity index (χ0) is 16.1. The number of rotatable bonds is 6. The van der Waals surface area contributed by atoms with Gasteiger partial charge in [-0.25, -0.2) is 4.79 Å². The molecule has 1 aromatic carbocycles. The van der Waals surface area contributed by atoms with Gasteiger partial charge in [0.2, 0.25) is 0 Å². The highest BCUT2D eigenvalue weighted by molar-refractivity contribution is 5.75. The highest BCUT2D eigenvalue weighted by Gasteiger charge is 2.47. The van der Waals surface area contributed by atoms with Gasteiger partial charge in [-0.1, -0.05) is 30.3 Å². The van der Waals surface area contributed by atoms with E-state index in [0.717, 1.165) is 0 Å². The lowest BCUT2D eigenvalue weighted by Gasteiger charge is -2.33. The van der Waals surface area contributed by atoms with E-state index in [1.165, 1.54) is 0 Å². The van der Waals surface area contributed by atoms with Crippen molar-refractivity contribution in [2.75, 3.05) is 13.3 Å². The Balaban J connectivity index is 2.91. The van der Waals surface area contributed by atoms with Crippen LogP contribution in [-0.4, -0.2) is 31.7 Å². The van der Waals surface area contributed by atoms with E-state index in [4.69, 9.17) is 5.73 Å². The fourth-order valence-corrected chi connectivity index (χ4v) is 1.69. The predicted octanol–water partition coefficient (Wildman–Crippen LogP) is 2.54. The van der Waals surface area contributed by atoms with E-state index < -0.39 is 37.1 Å². The maximum atomic E-state index is 13.2. The van der Waals surface area contributed by atoms with Crippen LogP contribution < -0.4 is 5.73 Å². The number of hydrogen-bond donors (Lipinski definition) is 1. The molecule has 0 amide bonds. The summed E-state index contributed by atoms with van der Waals surface area (Å²) in [5.74, 6) is -2.57. The van der Waals surface area contributed by atoms with Crippen LogP contribution >= 0.6 is 0 Å². The summed E-state index contributed by atoms with van der Waals surface area (Å²) in [4.78, 5) is 10.7.